The Morgan fingerprint density at radius 1 is 0.950 bits per heavy atom. The molecule has 2 unspecified atom stereocenters. The molecule has 0 aliphatic carbocycles. The lowest BCUT2D eigenvalue weighted by Crippen LogP contribution is -2.52. The first-order chi connectivity index (χ1) is 9.72. The Kier molecular flexibility index (Phi) is 5.32. The van der Waals surface area contributed by atoms with Crippen molar-refractivity contribution in [1.29, 1.82) is 0 Å². The van der Waals surface area contributed by atoms with Gasteiger partial charge in [0.1, 0.15) is 0 Å². The van der Waals surface area contributed by atoms with E-state index >= 15 is 0 Å². The summed E-state index contributed by atoms with van der Waals surface area (Å²) in [5.74, 6) is 0. The van der Waals surface area contributed by atoms with Crippen LogP contribution in [0, 0.1) is 0 Å². The highest BCUT2D eigenvalue weighted by atomic mass is 16.6. The summed E-state index contributed by atoms with van der Waals surface area (Å²) in [7, 11) is 0. The van der Waals surface area contributed by atoms with Crippen molar-refractivity contribution < 1.29 is 9.76 Å². The van der Waals surface area contributed by atoms with E-state index in [4.69, 9.17) is 16.1 Å². The van der Waals surface area contributed by atoms with Crippen LogP contribution < -0.4 is 22.4 Å². The molecule has 0 aliphatic rings. The molecule has 2 atom stereocenters. The van der Waals surface area contributed by atoms with Crippen molar-refractivity contribution in [2.24, 2.45) is 11.5 Å². The molecule has 2 aromatic carbocycles. The van der Waals surface area contributed by atoms with Gasteiger partial charge in [0.2, 0.25) is 0 Å². The van der Waals surface area contributed by atoms with Crippen molar-refractivity contribution in [3.05, 3.63) is 60.7 Å². The summed E-state index contributed by atoms with van der Waals surface area (Å²) in [4.78, 5) is 0. The Balaban J connectivity index is 2.26. The molecule has 0 fully saturated rings. The van der Waals surface area contributed by atoms with E-state index in [1.54, 1.807) is 0 Å². The molecule has 2 aromatic rings. The first kappa shape index (κ1) is 14.7. The highest BCUT2D eigenvalue weighted by molar-refractivity contribution is 6.80. The lowest BCUT2D eigenvalue weighted by atomic mass is 9.55. The van der Waals surface area contributed by atoms with Gasteiger partial charge in [-0.15, -0.1) is 0 Å². The molecule has 0 heterocycles. The van der Waals surface area contributed by atoms with Crippen molar-refractivity contribution in [2.45, 2.75) is 12.3 Å². The third-order valence-electron chi connectivity index (χ3n) is 3.12. The lowest BCUT2D eigenvalue weighted by Gasteiger charge is -2.23. The highest BCUT2D eigenvalue weighted by Crippen LogP contribution is 2.00. The average molecular weight is 270 g/mol. The number of hydrogen-bond acceptors (Lipinski definition) is 4. The van der Waals surface area contributed by atoms with E-state index in [0.29, 0.717) is 0 Å². The van der Waals surface area contributed by atoms with E-state index in [0.717, 1.165) is 10.9 Å². The predicted octanol–water partition coefficient (Wildman–Crippen LogP) is -0.587. The summed E-state index contributed by atoms with van der Waals surface area (Å²) >= 11 is 0. The van der Waals surface area contributed by atoms with E-state index in [9.17, 15) is 5.11 Å². The number of rotatable bonds is 6. The van der Waals surface area contributed by atoms with E-state index in [-0.39, 0.29) is 13.5 Å². The average Bonchev–Trinajstić information content (AvgIpc) is 2.53. The molecule has 0 radical (unpaired) electrons. The van der Waals surface area contributed by atoms with Crippen LogP contribution in [0.5, 0.6) is 0 Å². The maximum Gasteiger partial charge on any atom is 0.363 e. The summed E-state index contributed by atoms with van der Waals surface area (Å²) in [5, 5.41) is 9.98. The Morgan fingerprint density at radius 2 is 1.40 bits per heavy atom. The number of aliphatic hydroxyl groups is 1. The fourth-order valence-corrected chi connectivity index (χ4v) is 1.96. The Morgan fingerprint density at radius 3 is 1.80 bits per heavy atom. The van der Waals surface area contributed by atoms with Crippen LogP contribution in [0.15, 0.2) is 60.7 Å². The maximum atomic E-state index is 9.98. The standard InChI is InChI=1S/C15H19BN2O2/c17-11-14(18)15(19)20-16(12-7-3-1-4-8-12)13-9-5-2-6-10-13/h1-10,14-15,19H,11,17-18H2. The van der Waals surface area contributed by atoms with E-state index in [2.05, 4.69) is 0 Å². The Bertz CT molecular complexity index is 470. The zero-order valence-electron chi connectivity index (χ0n) is 11.2. The zero-order valence-corrected chi connectivity index (χ0v) is 11.2. The van der Waals surface area contributed by atoms with Gasteiger partial charge in [0.15, 0.2) is 6.29 Å². The second-order valence-corrected chi connectivity index (χ2v) is 4.63. The van der Waals surface area contributed by atoms with Crippen LogP contribution in [0.4, 0.5) is 0 Å². The topological polar surface area (TPSA) is 81.5 Å². The third kappa shape index (κ3) is 3.68. The lowest BCUT2D eigenvalue weighted by molar-refractivity contribution is -0.0338. The molecule has 0 aromatic heterocycles. The second-order valence-electron chi connectivity index (χ2n) is 4.63. The van der Waals surface area contributed by atoms with Crippen LogP contribution in [0.3, 0.4) is 0 Å². The molecule has 104 valence electrons. The van der Waals surface area contributed by atoms with Gasteiger partial charge in [0.25, 0.3) is 0 Å². The zero-order chi connectivity index (χ0) is 14.4. The summed E-state index contributed by atoms with van der Waals surface area (Å²) in [5.41, 5.74) is 13.1. The number of hydrogen-bond donors (Lipinski definition) is 3. The minimum absolute atomic E-state index is 0.164. The van der Waals surface area contributed by atoms with Crippen molar-refractivity contribution in [3.63, 3.8) is 0 Å². The van der Waals surface area contributed by atoms with Crippen LogP contribution in [0.2, 0.25) is 0 Å². The largest absolute Gasteiger partial charge is 0.401 e. The second kappa shape index (κ2) is 7.21. The molecule has 0 spiro atoms. The molecule has 5 heteroatoms. The van der Waals surface area contributed by atoms with Gasteiger partial charge in [-0.2, -0.15) is 0 Å². The van der Waals surface area contributed by atoms with Crippen LogP contribution in [0.1, 0.15) is 0 Å². The fourth-order valence-electron chi connectivity index (χ4n) is 1.96. The van der Waals surface area contributed by atoms with Gasteiger partial charge >= 0.3 is 6.92 Å². The van der Waals surface area contributed by atoms with Crippen LogP contribution >= 0.6 is 0 Å². The van der Waals surface area contributed by atoms with Crippen molar-refractivity contribution in [2.75, 3.05) is 6.54 Å². The van der Waals surface area contributed by atoms with E-state index in [1.165, 1.54) is 0 Å². The summed E-state index contributed by atoms with van der Waals surface area (Å²) < 4.78 is 5.73. The van der Waals surface area contributed by atoms with Gasteiger partial charge in [-0.05, 0) is 10.9 Å². The molecule has 20 heavy (non-hydrogen) atoms. The SMILES string of the molecule is NCC(N)C(O)OB(c1ccccc1)c1ccccc1. The first-order valence-corrected chi connectivity index (χ1v) is 6.61. The van der Waals surface area contributed by atoms with Gasteiger partial charge in [-0.3, -0.25) is 0 Å². The monoisotopic (exact) mass is 270 g/mol. The first-order valence-electron chi connectivity index (χ1n) is 6.61. The van der Waals surface area contributed by atoms with Gasteiger partial charge in [0.05, 0.1) is 6.04 Å². The molecular formula is C15H19BN2O2. The minimum atomic E-state index is -1.11. The van der Waals surface area contributed by atoms with Crippen molar-refractivity contribution in [1.82, 2.24) is 0 Å². The predicted molar refractivity (Wildman–Crippen MR) is 82.0 cm³/mol. The van der Waals surface area contributed by atoms with Crippen molar-refractivity contribution in [3.8, 4) is 0 Å². The molecule has 0 saturated carbocycles. The molecule has 0 saturated heterocycles. The molecule has 5 N–H and O–H groups in total. The molecule has 4 nitrogen and oxygen atoms in total. The quantitative estimate of drug-likeness (QED) is 0.484. The highest BCUT2D eigenvalue weighted by Gasteiger charge is 2.26. The van der Waals surface area contributed by atoms with Gasteiger partial charge in [0, 0.05) is 6.54 Å². The molecule has 0 aliphatic heterocycles. The van der Waals surface area contributed by atoms with E-state index in [1.807, 2.05) is 60.7 Å². The Labute approximate surface area is 119 Å². The minimum Gasteiger partial charge on any atom is -0.401 e. The summed E-state index contributed by atoms with van der Waals surface area (Å²) in [6.45, 7) is -0.206. The Hall–Kier alpha value is -1.66. The van der Waals surface area contributed by atoms with Gasteiger partial charge in [-0.1, -0.05) is 60.7 Å². The van der Waals surface area contributed by atoms with E-state index < -0.39 is 12.3 Å². The molecular weight excluding hydrogens is 251 g/mol. The summed E-state index contributed by atoms with van der Waals surface area (Å²) in [6.07, 6.45) is -1.11. The molecule has 0 amide bonds. The maximum absolute atomic E-state index is 9.98. The normalized spacial score (nSPS) is 13.8. The van der Waals surface area contributed by atoms with Crippen LogP contribution in [-0.2, 0) is 4.65 Å². The van der Waals surface area contributed by atoms with Gasteiger partial charge < -0.3 is 21.2 Å². The van der Waals surface area contributed by atoms with Gasteiger partial charge in [-0.25, -0.2) is 0 Å². The molecule has 0 bridgehead atoms. The van der Waals surface area contributed by atoms with Crippen LogP contribution in [0.25, 0.3) is 0 Å². The number of benzene rings is 2. The smallest absolute Gasteiger partial charge is 0.363 e. The van der Waals surface area contributed by atoms with Crippen LogP contribution in [-0.4, -0.2) is 30.9 Å². The van der Waals surface area contributed by atoms with Crippen molar-refractivity contribution >= 4 is 17.8 Å². The number of aliphatic hydroxyl groups excluding tert-OH is 1. The number of nitrogens with two attached hydrogens (primary N) is 2. The fraction of sp³-hybridized carbons (Fsp3) is 0.200. The molecule has 2 rings (SSSR count). The third-order valence-corrected chi connectivity index (χ3v) is 3.12. The summed E-state index contributed by atoms with van der Waals surface area (Å²) in [6, 6.07) is 18.8.